The maximum atomic E-state index is 12.2. The minimum atomic E-state index is -1.85. The fourth-order valence-corrected chi connectivity index (χ4v) is 2.91. The van der Waals surface area contributed by atoms with Gasteiger partial charge in [0, 0.05) is 6.08 Å². The maximum absolute atomic E-state index is 12.2. The molecule has 0 amide bonds. The molecule has 110 valence electrons. The van der Waals surface area contributed by atoms with E-state index in [1.54, 1.807) is 13.8 Å². The average Bonchev–Trinajstić information content (AvgIpc) is 2.33. The van der Waals surface area contributed by atoms with Gasteiger partial charge in [-0.3, -0.25) is 9.59 Å². The minimum Gasteiger partial charge on any atom is -0.465 e. The first-order valence-electron chi connectivity index (χ1n) is 5.56. The average molecular weight is 314 g/mol. The molecule has 8 heteroatoms. The summed E-state index contributed by atoms with van der Waals surface area (Å²) in [5.41, 5.74) is 0. The summed E-state index contributed by atoms with van der Waals surface area (Å²) in [5.74, 6) is -1.03. The van der Waals surface area contributed by atoms with E-state index in [0.29, 0.717) is 6.08 Å². The molecule has 19 heavy (non-hydrogen) atoms. The largest absolute Gasteiger partial charge is 0.465 e. The van der Waals surface area contributed by atoms with Crippen LogP contribution in [-0.2, 0) is 19.1 Å². The van der Waals surface area contributed by atoms with Gasteiger partial charge in [0.25, 0.3) is 6.08 Å². The Morgan fingerprint density at radius 2 is 1.47 bits per heavy atom. The van der Waals surface area contributed by atoms with Crippen LogP contribution < -0.4 is 0 Å². The van der Waals surface area contributed by atoms with Gasteiger partial charge in [-0.25, -0.2) is 0 Å². The summed E-state index contributed by atoms with van der Waals surface area (Å²) in [4.78, 5) is 22.2. The summed E-state index contributed by atoms with van der Waals surface area (Å²) in [6.45, 7) is 3.81. The lowest BCUT2D eigenvalue weighted by molar-refractivity contribution is -0.140. The molecule has 0 aliphatic rings. The molecule has 0 aliphatic heterocycles. The van der Waals surface area contributed by atoms with Crippen molar-refractivity contribution in [3.8, 4) is 0 Å². The highest BCUT2D eigenvalue weighted by Crippen LogP contribution is 2.27. The molecule has 0 atom stereocenters. The van der Waals surface area contributed by atoms with Gasteiger partial charge in [0.1, 0.15) is 0 Å². The van der Waals surface area contributed by atoms with E-state index >= 15 is 0 Å². The summed E-state index contributed by atoms with van der Waals surface area (Å²) in [5, 5.41) is 0. The van der Waals surface area contributed by atoms with Crippen LogP contribution in [0.3, 0.4) is 0 Å². The Hall–Kier alpha value is -0.760. The van der Waals surface area contributed by atoms with Crippen molar-refractivity contribution in [3.63, 3.8) is 0 Å². The molecule has 0 saturated heterocycles. The van der Waals surface area contributed by atoms with Crippen molar-refractivity contribution in [2.75, 3.05) is 24.7 Å². The van der Waals surface area contributed by atoms with Crippen molar-refractivity contribution >= 4 is 35.5 Å². The van der Waals surface area contributed by atoms with Gasteiger partial charge >= 0.3 is 11.9 Å². The van der Waals surface area contributed by atoms with E-state index in [1.807, 2.05) is 0 Å². The number of ether oxygens (including phenoxy) is 2. The van der Waals surface area contributed by atoms with E-state index in [0.717, 1.165) is 23.5 Å². The zero-order chi connectivity index (χ0) is 14.7. The first kappa shape index (κ1) is 18.2. The van der Waals surface area contributed by atoms with E-state index < -0.39 is 22.6 Å². The number of carbonyl (C=O) groups is 2. The Morgan fingerprint density at radius 1 is 1.05 bits per heavy atom. The van der Waals surface area contributed by atoms with E-state index in [1.165, 1.54) is 0 Å². The van der Waals surface area contributed by atoms with Crippen LogP contribution in [0.4, 0.5) is 8.78 Å². The molecular formula is C11H16F2O4S2. The van der Waals surface area contributed by atoms with Crippen LogP contribution in [0.25, 0.3) is 0 Å². The van der Waals surface area contributed by atoms with Crippen molar-refractivity contribution in [2.45, 2.75) is 18.4 Å². The lowest BCUT2D eigenvalue weighted by Gasteiger charge is -2.11. The molecule has 4 nitrogen and oxygen atoms in total. The summed E-state index contributed by atoms with van der Waals surface area (Å²) >= 11 is 1.96. The van der Waals surface area contributed by atoms with Gasteiger partial charge in [0.05, 0.1) is 29.3 Å². The SMILES string of the molecule is CCOC(=O)CSC(C=C(F)F)SCC(=O)OCC. The Morgan fingerprint density at radius 3 is 1.79 bits per heavy atom. The Bertz CT molecular complexity index is 298. The summed E-state index contributed by atoms with van der Waals surface area (Å²) in [7, 11) is 0. The molecule has 0 rings (SSSR count). The van der Waals surface area contributed by atoms with Crippen molar-refractivity contribution in [3.05, 3.63) is 12.2 Å². The van der Waals surface area contributed by atoms with Gasteiger partial charge in [-0.1, -0.05) is 0 Å². The smallest absolute Gasteiger partial charge is 0.315 e. The zero-order valence-electron chi connectivity index (χ0n) is 10.7. The molecular weight excluding hydrogens is 298 g/mol. The fraction of sp³-hybridized carbons (Fsp3) is 0.636. The summed E-state index contributed by atoms with van der Waals surface area (Å²) < 4.78 is 33.2. The van der Waals surface area contributed by atoms with Gasteiger partial charge in [0.15, 0.2) is 0 Å². The van der Waals surface area contributed by atoms with E-state index in [-0.39, 0.29) is 24.7 Å². The van der Waals surface area contributed by atoms with Crippen molar-refractivity contribution in [2.24, 2.45) is 0 Å². The van der Waals surface area contributed by atoms with Crippen molar-refractivity contribution < 1.29 is 27.8 Å². The molecule has 0 aliphatic carbocycles. The quantitative estimate of drug-likeness (QED) is 0.482. The van der Waals surface area contributed by atoms with Crippen LogP contribution in [0.5, 0.6) is 0 Å². The molecule has 0 heterocycles. The Balaban J connectivity index is 4.20. The number of hydrogen-bond acceptors (Lipinski definition) is 6. The van der Waals surface area contributed by atoms with Crippen LogP contribution in [0, 0.1) is 0 Å². The van der Waals surface area contributed by atoms with Crippen LogP contribution in [0.2, 0.25) is 0 Å². The van der Waals surface area contributed by atoms with Crippen LogP contribution in [-0.4, -0.2) is 41.2 Å². The highest BCUT2D eigenvalue weighted by atomic mass is 32.2. The van der Waals surface area contributed by atoms with E-state index in [2.05, 4.69) is 0 Å². The number of carbonyl (C=O) groups excluding carboxylic acids is 2. The number of halogens is 2. The lowest BCUT2D eigenvalue weighted by Crippen LogP contribution is -2.12. The second kappa shape index (κ2) is 11.1. The molecule has 0 aromatic carbocycles. The van der Waals surface area contributed by atoms with Crippen LogP contribution >= 0.6 is 23.5 Å². The van der Waals surface area contributed by atoms with Gasteiger partial charge in [0.2, 0.25) is 0 Å². The standard InChI is InChI=1S/C11H16F2O4S2/c1-3-16-9(14)6-18-11(5-8(12)13)19-7-10(15)17-4-2/h5,11H,3-4,6-7H2,1-2H3. The molecule has 0 fully saturated rings. The first-order chi connectivity index (χ1) is 8.99. The fourth-order valence-electron chi connectivity index (χ4n) is 0.953. The third-order valence-electron chi connectivity index (χ3n) is 1.60. The summed E-state index contributed by atoms with van der Waals surface area (Å²) in [6, 6.07) is 0. The highest BCUT2D eigenvalue weighted by Gasteiger charge is 2.14. The molecule has 0 aromatic heterocycles. The minimum absolute atomic E-state index is 0.0435. The topological polar surface area (TPSA) is 52.6 Å². The van der Waals surface area contributed by atoms with Gasteiger partial charge < -0.3 is 9.47 Å². The molecule has 0 aromatic rings. The van der Waals surface area contributed by atoms with Gasteiger partial charge in [-0.05, 0) is 13.8 Å². The number of esters is 2. The molecule has 0 bridgehead atoms. The maximum Gasteiger partial charge on any atom is 0.315 e. The van der Waals surface area contributed by atoms with Crippen molar-refractivity contribution in [1.29, 1.82) is 0 Å². The van der Waals surface area contributed by atoms with Crippen molar-refractivity contribution in [1.82, 2.24) is 0 Å². The number of hydrogen-bond donors (Lipinski definition) is 0. The monoisotopic (exact) mass is 314 g/mol. The van der Waals surface area contributed by atoms with Gasteiger partial charge in [-0.2, -0.15) is 8.78 Å². The zero-order valence-corrected chi connectivity index (χ0v) is 12.3. The van der Waals surface area contributed by atoms with E-state index in [4.69, 9.17) is 9.47 Å². The molecule has 0 N–H and O–H groups in total. The van der Waals surface area contributed by atoms with E-state index in [9.17, 15) is 18.4 Å². The Kier molecular flexibility index (Phi) is 10.7. The second-order valence-corrected chi connectivity index (χ2v) is 5.61. The Labute approximate surface area is 119 Å². The first-order valence-corrected chi connectivity index (χ1v) is 7.66. The third-order valence-corrected chi connectivity index (χ3v) is 4.15. The lowest BCUT2D eigenvalue weighted by atomic mass is 10.7. The molecule has 0 radical (unpaired) electrons. The third kappa shape index (κ3) is 10.8. The second-order valence-electron chi connectivity index (χ2n) is 3.06. The number of rotatable bonds is 9. The molecule has 0 saturated carbocycles. The van der Waals surface area contributed by atoms with Crippen LogP contribution in [0.15, 0.2) is 12.2 Å². The predicted molar refractivity (Wildman–Crippen MR) is 72.3 cm³/mol. The molecule has 0 spiro atoms. The molecule has 0 unspecified atom stereocenters. The van der Waals surface area contributed by atoms with Crippen LogP contribution in [0.1, 0.15) is 13.8 Å². The summed E-state index contributed by atoms with van der Waals surface area (Å²) in [6.07, 6.45) is -1.15. The predicted octanol–water partition coefficient (Wildman–Crippen LogP) is 2.69. The van der Waals surface area contributed by atoms with Gasteiger partial charge in [-0.15, -0.1) is 23.5 Å². The highest BCUT2D eigenvalue weighted by molar-refractivity contribution is 8.17. The normalized spacial score (nSPS) is 10.2. The number of thioether (sulfide) groups is 2.